The van der Waals surface area contributed by atoms with E-state index in [1.807, 2.05) is 7.05 Å². The van der Waals surface area contributed by atoms with Crippen molar-refractivity contribution in [1.82, 2.24) is 20.0 Å². The summed E-state index contributed by atoms with van der Waals surface area (Å²) in [5.41, 5.74) is 1.27. The maximum atomic E-state index is 12.5. The number of rotatable bonds is 3. The number of hydrogen-bond donors (Lipinski definition) is 1. The number of thiocarbonyl (C=S) groups is 1. The number of nitrogens with zero attached hydrogens (tertiary/aromatic N) is 3. The highest BCUT2D eigenvalue weighted by Crippen LogP contribution is 2.22. The van der Waals surface area contributed by atoms with E-state index in [1.165, 1.54) is 0 Å². The van der Waals surface area contributed by atoms with Crippen LogP contribution in [0.3, 0.4) is 0 Å². The van der Waals surface area contributed by atoms with E-state index in [0.29, 0.717) is 17.4 Å². The van der Waals surface area contributed by atoms with E-state index in [9.17, 15) is 4.79 Å². The monoisotopic (exact) mass is 370 g/mol. The number of halogens is 1. The van der Waals surface area contributed by atoms with Crippen molar-refractivity contribution in [3.8, 4) is 0 Å². The first-order valence-corrected chi connectivity index (χ1v) is 7.90. The Bertz CT molecular complexity index is 602. The highest BCUT2D eigenvalue weighted by molar-refractivity contribution is 9.10. The summed E-state index contributed by atoms with van der Waals surface area (Å²) in [6, 6.07) is 0. The Morgan fingerprint density at radius 1 is 1.67 bits per heavy atom. The minimum Gasteiger partial charge on any atom is -0.376 e. The lowest BCUT2D eigenvalue weighted by molar-refractivity contribution is -0.123. The molecule has 1 unspecified atom stereocenters. The summed E-state index contributed by atoms with van der Waals surface area (Å²) in [4.78, 5) is 14.0. The average Bonchev–Trinajstić information content (AvgIpc) is 3.13. The molecule has 2 saturated heterocycles. The third kappa shape index (κ3) is 2.88. The molecule has 112 valence electrons. The molecule has 1 atom stereocenters. The number of aromatic nitrogens is 2. The van der Waals surface area contributed by atoms with E-state index in [-0.39, 0.29) is 12.0 Å². The van der Waals surface area contributed by atoms with Gasteiger partial charge in [-0.25, -0.2) is 0 Å². The second-order valence-corrected chi connectivity index (χ2v) is 6.28. The number of nitrogens with one attached hydrogen (secondary N) is 1. The topological polar surface area (TPSA) is 59.4 Å². The fourth-order valence-electron chi connectivity index (χ4n) is 2.45. The predicted molar refractivity (Wildman–Crippen MR) is 85.3 cm³/mol. The van der Waals surface area contributed by atoms with Crippen molar-refractivity contribution in [2.75, 3.05) is 13.2 Å². The van der Waals surface area contributed by atoms with Crippen molar-refractivity contribution < 1.29 is 9.53 Å². The summed E-state index contributed by atoms with van der Waals surface area (Å²) < 4.78 is 8.09. The molecule has 3 heterocycles. The van der Waals surface area contributed by atoms with Crippen LogP contribution in [0, 0.1) is 0 Å². The predicted octanol–water partition coefficient (Wildman–Crippen LogP) is 1.42. The highest BCUT2D eigenvalue weighted by Gasteiger charge is 2.33. The molecule has 0 bridgehead atoms. The second kappa shape index (κ2) is 5.86. The van der Waals surface area contributed by atoms with Crippen LogP contribution in [0.1, 0.15) is 18.5 Å². The molecule has 8 heteroatoms. The lowest BCUT2D eigenvalue weighted by atomic mass is 10.2. The molecule has 0 aliphatic carbocycles. The lowest BCUT2D eigenvalue weighted by Crippen LogP contribution is -2.37. The lowest BCUT2D eigenvalue weighted by Gasteiger charge is -2.18. The Labute approximate surface area is 136 Å². The number of carbonyl (C=O) groups is 1. The molecular weight excluding hydrogens is 356 g/mol. The summed E-state index contributed by atoms with van der Waals surface area (Å²) in [6.45, 7) is 1.27. The Balaban J connectivity index is 1.79. The van der Waals surface area contributed by atoms with Gasteiger partial charge in [-0.2, -0.15) is 5.10 Å². The fourth-order valence-corrected chi connectivity index (χ4v) is 3.18. The number of hydrogen-bond acceptors (Lipinski definition) is 4. The number of amides is 1. The van der Waals surface area contributed by atoms with E-state index in [0.717, 1.165) is 29.6 Å². The molecule has 2 fully saturated rings. The Morgan fingerprint density at radius 2 is 2.48 bits per heavy atom. The van der Waals surface area contributed by atoms with Crippen molar-refractivity contribution in [2.45, 2.75) is 18.9 Å². The molecule has 21 heavy (non-hydrogen) atoms. The fraction of sp³-hybridized carbons (Fsp3) is 0.462. The van der Waals surface area contributed by atoms with Crippen molar-refractivity contribution in [3.63, 3.8) is 0 Å². The average molecular weight is 371 g/mol. The zero-order valence-corrected chi connectivity index (χ0v) is 13.9. The molecule has 0 aromatic carbocycles. The molecule has 3 rings (SSSR count). The zero-order chi connectivity index (χ0) is 15.0. The van der Waals surface area contributed by atoms with Crippen molar-refractivity contribution in [2.24, 2.45) is 7.05 Å². The highest BCUT2D eigenvalue weighted by atomic mass is 79.9. The van der Waals surface area contributed by atoms with Gasteiger partial charge in [-0.15, -0.1) is 0 Å². The SMILES string of the molecule is Cn1ncc(Br)c1/C=C1\NC(=S)N(CC2CCCO2)C1=O. The van der Waals surface area contributed by atoms with E-state index < -0.39 is 0 Å². The van der Waals surface area contributed by atoms with Crippen molar-refractivity contribution >= 4 is 45.2 Å². The molecule has 2 aliphatic heterocycles. The standard InChI is InChI=1S/C13H15BrN4O2S/c1-17-11(9(14)6-15-17)5-10-12(19)18(13(21)16-10)7-8-3-2-4-20-8/h5-6,8H,2-4,7H2,1H3,(H,16,21)/b10-5-. The minimum absolute atomic E-state index is 0.0801. The van der Waals surface area contributed by atoms with Gasteiger partial charge in [0.05, 0.1) is 29.0 Å². The van der Waals surface area contributed by atoms with Gasteiger partial charge >= 0.3 is 0 Å². The first-order chi connectivity index (χ1) is 10.1. The van der Waals surface area contributed by atoms with Crippen LogP contribution in [-0.2, 0) is 16.6 Å². The largest absolute Gasteiger partial charge is 0.376 e. The van der Waals surface area contributed by atoms with Gasteiger partial charge in [-0.3, -0.25) is 14.4 Å². The molecular formula is C13H15BrN4O2S. The van der Waals surface area contributed by atoms with E-state index in [4.69, 9.17) is 17.0 Å². The Hall–Kier alpha value is -1.25. The van der Waals surface area contributed by atoms with Gasteiger partial charge in [0.2, 0.25) is 0 Å². The van der Waals surface area contributed by atoms with Crippen molar-refractivity contribution in [3.05, 3.63) is 22.1 Å². The van der Waals surface area contributed by atoms with E-state index in [1.54, 1.807) is 21.9 Å². The van der Waals surface area contributed by atoms with Crippen LogP contribution < -0.4 is 5.32 Å². The van der Waals surface area contributed by atoms with Crippen LogP contribution in [0.4, 0.5) is 0 Å². The molecule has 1 aromatic rings. The van der Waals surface area contributed by atoms with Crippen molar-refractivity contribution in [1.29, 1.82) is 0 Å². The molecule has 6 nitrogen and oxygen atoms in total. The quantitative estimate of drug-likeness (QED) is 0.643. The zero-order valence-electron chi connectivity index (χ0n) is 11.5. The molecule has 1 aromatic heterocycles. The molecule has 0 saturated carbocycles. The Morgan fingerprint density at radius 3 is 3.10 bits per heavy atom. The van der Waals surface area contributed by atoms with Gasteiger partial charge in [-0.05, 0) is 47.1 Å². The van der Waals surface area contributed by atoms with Crippen LogP contribution >= 0.6 is 28.1 Å². The van der Waals surface area contributed by atoms with E-state index in [2.05, 4.69) is 26.3 Å². The van der Waals surface area contributed by atoms with Crippen LogP contribution in [0.2, 0.25) is 0 Å². The molecule has 0 radical (unpaired) electrons. The number of aryl methyl sites for hydroxylation is 1. The van der Waals surface area contributed by atoms with E-state index >= 15 is 0 Å². The number of ether oxygens (including phenoxy) is 1. The van der Waals surface area contributed by atoms with Crippen LogP contribution in [0.25, 0.3) is 6.08 Å². The Kier molecular flexibility index (Phi) is 4.10. The normalized spacial score (nSPS) is 24.2. The van der Waals surface area contributed by atoms with Crippen LogP contribution in [-0.4, -0.2) is 45.0 Å². The van der Waals surface area contributed by atoms with Gasteiger partial charge in [0.15, 0.2) is 5.11 Å². The summed E-state index contributed by atoms with van der Waals surface area (Å²) in [7, 11) is 1.82. The van der Waals surface area contributed by atoms with Crippen LogP contribution in [0.5, 0.6) is 0 Å². The molecule has 0 spiro atoms. The summed E-state index contributed by atoms with van der Waals surface area (Å²) in [5, 5.41) is 7.53. The maximum absolute atomic E-state index is 12.5. The van der Waals surface area contributed by atoms with Gasteiger partial charge in [0, 0.05) is 13.7 Å². The maximum Gasteiger partial charge on any atom is 0.276 e. The summed E-state index contributed by atoms with van der Waals surface area (Å²) in [6.07, 6.45) is 5.53. The molecule has 1 N–H and O–H groups in total. The second-order valence-electron chi connectivity index (χ2n) is 5.04. The molecule has 2 aliphatic rings. The summed E-state index contributed by atoms with van der Waals surface area (Å²) >= 11 is 8.67. The first-order valence-electron chi connectivity index (χ1n) is 6.70. The van der Waals surface area contributed by atoms with Gasteiger partial charge in [0.1, 0.15) is 5.70 Å². The number of carbonyl (C=O) groups excluding carboxylic acids is 1. The first kappa shape index (κ1) is 14.7. The van der Waals surface area contributed by atoms with Crippen LogP contribution in [0.15, 0.2) is 16.4 Å². The van der Waals surface area contributed by atoms with Gasteiger partial charge in [-0.1, -0.05) is 0 Å². The van der Waals surface area contributed by atoms with Gasteiger partial charge in [0.25, 0.3) is 5.91 Å². The smallest absolute Gasteiger partial charge is 0.276 e. The minimum atomic E-state index is -0.122. The molecule has 1 amide bonds. The van der Waals surface area contributed by atoms with Gasteiger partial charge < -0.3 is 10.1 Å². The summed E-state index contributed by atoms with van der Waals surface area (Å²) in [5.74, 6) is -0.122. The third-order valence-corrected chi connectivity index (χ3v) is 4.52. The third-order valence-electron chi connectivity index (χ3n) is 3.59.